The third-order valence-corrected chi connectivity index (χ3v) is 5.05. The van der Waals surface area contributed by atoms with E-state index in [0.29, 0.717) is 29.3 Å². The highest BCUT2D eigenvalue weighted by atomic mass is 19.4. The van der Waals surface area contributed by atoms with Gasteiger partial charge in [-0.05, 0) is 74.5 Å². The first-order chi connectivity index (χ1) is 13.4. The van der Waals surface area contributed by atoms with Crippen LogP contribution in [0.5, 0.6) is 5.75 Å². The lowest BCUT2D eigenvalue weighted by Gasteiger charge is -2.24. The quantitative estimate of drug-likeness (QED) is 0.714. The monoisotopic (exact) mass is 397 g/mol. The second-order valence-electron chi connectivity index (χ2n) is 7.34. The number of halogens is 3. The highest BCUT2D eigenvalue weighted by Crippen LogP contribution is 2.23. The smallest absolute Gasteiger partial charge is 0.408 e. The molecular formula is C20H26F3N3O2. The molecule has 3 rings (SSSR count). The van der Waals surface area contributed by atoms with Crippen LogP contribution >= 0.6 is 0 Å². The van der Waals surface area contributed by atoms with Crippen LogP contribution in [0.2, 0.25) is 0 Å². The molecule has 1 amide bonds. The van der Waals surface area contributed by atoms with Gasteiger partial charge in [0.1, 0.15) is 12.3 Å². The predicted octanol–water partition coefficient (Wildman–Crippen LogP) is 3.73. The number of carbonyl (C=O) groups excluding carboxylic acids is 1. The van der Waals surface area contributed by atoms with Crippen LogP contribution in [-0.4, -0.2) is 49.0 Å². The summed E-state index contributed by atoms with van der Waals surface area (Å²) in [5.41, 5.74) is 1.19. The Kier molecular flexibility index (Phi) is 6.93. The van der Waals surface area contributed by atoms with Crippen molar-refractivity contribution in [3.63, 3.8) is 0 Å². The molecule has 8 heteroatoms. The molecule has 5 nitrogen and oxygen atoms in total. The van der Waals surface area contributed by atoms with Crippen molar-refractivity contribution in [2.24, 2.45) is 11.0 Å². The minimum absolute atomic E-state index is 0.0309. The normalized spacial score (nSPS) is 20.8. The van der Waals surface area contributed by atoms with Gasteiger partial charge in [-0.1, -0.05) is 0 Å². The number of nitrogens with zero attached hydrogens (tertiary/aromatic N) is 2. The summed E-state index contributed by atoms with van der Waals surface area (Å²) in [6.45, 7) is 1.50. The van der Waals surface area contributed by atoms with Crippen LogP contribution in [0.4, 0.5) is 13.2 Å². The molecule has 0 aliphatic carbocycles. The van der Waals surface area contributed by atoms with E-state index in [1.165, 1.54) is 12.8 Å². The van der Waals surface area contributed by atoms with Crippen LogP contribution in [0.15, 0.2) is 29.4 Å². The minimum atomic E-state index is -4.47. The molecule has 154 valence electrons. The van der Waals surface area contributed by atoms with Gasteiger partial charge in [-0.25, -0.2) is 5.01 Å². The lowest BCUT2D eigenvalue weighted by molar-refractivity contribution is -0.161. The van der Waals surface area contributed by atoms with Gasteiger partial charge >= 0.3 is 6.18 Å². The fourth-order valence-corrected chi connectivity index (χ4v) is 3.58. The molecule has 1 aromatic carbocycles. The van der Waals surface area contributed by atoms with Gasteiger partial charge < -0.3 is 10.1 Å². The van der Waals surface area contributed by atoms with Crippen LogP contribution in [0.1, 0.15) is 44.1 Å². The average molecular weight is 397 g/mol. The Morgan fingerprint density at radius 2 is 2.00 bits per heavy atom. The number of piperidine rings is 1. The molecule has 1 saturated heterocycles. The molecule has 0 aromatic heterocycles. The van der Waals surface area contributed by atoms with Crippen molar-refractivity contribution >= 4 is 11.6 Å². The summed E-state index contributed by atoms with van der Waals surface area (Å²) in [7, 11) is 0. The molecule has 2 heterocycles. The number of nitrogens with one attached hydrogen (secondary N) is 1. The molecule has 1 N–H and O–H groups in total. The molecule has 1 unspecified atom stereocenters. The highest BCUT2D eigenvalue weighted by Gasteiger charge is 2.34. The molecule has 2 aliphatic rings. The van der Waals surface area contributed by atoms with Crippen LogP contribution in [0, 0.1) is 5.92 Å². The van der Waals surface area contributed by atoms with Gasteiger partial charge in [0.15, 0.2) is 0 Å². The minimum Gasteiger partial charge on any atom is -0.494 e. The summed E-state index contributed by atoms with van der Waals surface area (Å²) >= 11 is 0. The fraction of sp³-hybridized carbons (Fsp3) is 0.600. The van der Waals surface area contributed by atoms with Crippen molar-refractivity contribution in [3.05, 3.63) is 29.8 Å². The van der Waals surface area contributed by atoms with Crippen LogP contribution in [0.3, 0.4) is 0 Å². The summed E-state index contributed by atoms with van der Waals surface area (Å²) in [5.74, 6) is 0.853. The number of alkyl halides is 3. The van der Waals surface area contributed by atoms with Gasteiger partial charge in [-0.3, -0.25) is 4.79 Å². The van der Waals surface area contributed by atoms with Gasteiger partial charge in [-0.2, -0.15) is 18.3 Å². The predicted molar refractivity (Wildman–Crippen MR) is 100 cm³/mol. The second kappa shape index (κ2) is 9.41. The van der Waals surface area contributed by atoms with Crippen LogP contribution in [-0.2, 0) is 4.79 Å². The summed E-state index contributed by atoms with van der Waals surface area (Å²) in [4.78, 5) is 11.7. The third kappa shape index (κ3) is 6.22. The number of hydrazone groups is 1. The van der Waals surface area contributed by atoms with Gasteiger partial charge in [0, 0.05) is 12.8 Å². The fourth-order valence-electron chi connectivity index (χ4n) is 3.58. The molecule has 1 aromatic rings. The van der Waals surface area contributed by atoms with Crippen molar-refractivity contribution in [3.8, 4) is 5.75 Å². The first-order valence-corrected chi connectivity index (χ1v) is 9.79. The standard InChI is InChI=1S/C20H26F3N3O2/c21-20(22,23)14-26-19(27)10-9-18(25-26)16-5-7-17(8-6-16)28-12-2-4-15-3-1-11-24-13-15/h5-8,15,24H,1-4,9-14H2. The Labute approximate surface area is 162 Å². The van der Waals surface area contributed by atoms with E-state index in [1.54, 1.807) is 24.3 Å². The lowest BCUT2D eigenvalue weighted by Crippen LogP contribution is -2.38. The second-order valence-corrected chi connectivity index (χ2v) is 7.34. The summed E-state index contributed by atoms with van der Waals surface area (Å²) in [6, 6.07) is 7.15. The Morgan fingerprint density at radius 1 is 1.21 bits per heavy atom. The van der Waals surface area contributed by atoms with Crippen molar-refractivity contribution < 1.29 is 22.7 Å². The van der Waals surface area contributed by atoms with E-state index in [9.17, 15) is 18.0 Å². The molecule has 0 bridgehead atoms. The zero-order valence-electron chi connectivity index (χ0n) is 15.8. The molecule has 28 heavy (non-hydrogen) atoms. The van der Waals surface area contributed by atoms with E-state index in [1.807, 2.05) is 0 Å². The highest BCUT2D eigenvalue weighted by molar-refractivity contribution is 6.04. The molecule has 1 fully saturated rings. The number of amides is 1. The number of carbonyl (C=O) groups is 1. The Balaban J connectivity index is 1.50. The number of ether oxygens (including phenoxy) is 1. The molecule has 0 spiro atoms. The maximum Gasteiger partial charge on any atom is 0.408 e. The van der Waals surface area contributed by atoms with Crippen molar-refractivity contribution in [1.82, 2.24) is 10.3 Å². The maximum atomic E-state index is 12.6. The molecular weight excluding hydrogens is 371 g/mol. The maximum absolute atomic E-state index is 12.6. The average Bonchev–Trinajstić information content (AvgIpc) is 2.67. The van der Waals surface area contributed by atoms with Crippen LogP contribution in [0.25, 0.3) is 0 Å². The zero-order valence-corrected chi connectivity index (χ0v) is 15.8. The van der Waals surface area contributed by atoms with Gasteiger partial charge in [-0.15, -0.1) is 0 Å². The molecule has 0 saturated carbocycles. The number of hydrogen-bond acceptors (Lipinski definition) is 4. The zero-order chi connectivity index (χ0) is 20.0. The topological polar surface area (TPSA) is 53.9 Å². The first kappa shape index (κ1) is 20.6. The van der Waals surface area contributed by atoms with Gasteiger partial charge in [0.2, 0.25) is 5.91 Å². The van der Waals surface area contributed by atoms with E-state index < -0.39 is 18.6 Å². The SMILES string of the molecule is O=C1CCC(c2ccc(OCCCC3CCCNC3)cc2)=NN1CC(F)(F)F. The Hall–Kier alpha value is -2.09. The van der Waals surface area contributed by atoms with Crippen LogP contribution < -0.4 is 10.1 Å². The molecule has 0 radical (unpaired) electrons. The van der Waals surface area contributed by atoms with Gasteiger partial charge in [0.05, 0.1) is 12.3 Å². The van der Waals surface area contributed by atoms with Gasteiger partial charge in [0.25, 0.3) is 0 Å². The Bertz CT molecular complexity index is 683. The van der Waals surface area contributed by atoms with Crippen molar-refractivity contribution in [2.45, 2.75) is 44.7 Å². The number of hydrogen-bond donors (Lipinski definition) is 1. The van der Waals surface area contributed by atoms with E-state index in [-0.39, 0.29) is 6.42 Å². The summed E-state index contributed by atoms with van der Waals surface area (Å²) in [6.07, 6.45) is 0.555. The molecule has 2 aliphatic heterocycles. The largest absolute Gasteiger partial charge is 0.494 e. The summed E-state index contributed by atoms with van der Waals surface area (Å²) < 4.78 is 43.5. The molecule has 1 atom stereocenters. The third-order valence-electron chi connectivity index (χ3n) is 5.05. The van der Waals surface area contributed by atoms with Crippen molar-refractivity contribution in [2.75, 3.05) is 26.2 Å². The van der Waals surface area contributed by atoms with E-state index in [0.717, 1.165) is 37.6 Å². The number of benzene rings is 1. The van der Waals surface area contributed by atoms with E-state index in [4.69, 9.17) is 4.74 Å². The van der Waals surface area contributed by atoms with E-state index in [2.05, 4.69) is 10.4 Å². The summed E-state index contributed by atoms with van der Waals surface area (Å²) in [5, 5.41) is 7.84. The lowest BCUT2D eigenvalue weighted by atomic mass is 9.95. The first-order valence-electron chi connectivity index (χ1n) is 9.79. The number of rotatable bonds is 7. The van der Waals surface area contributed by atoms with E-state index >= 15 is 0 Å². The van der Waals surface area contributed by atoms with Crippen molar-refractivity contribution in [1.29, 1.82) is 0 Å². The Morgan fingerprint density at radius 3 is 2.68 bits per heavy atom.